The van der Waals surface area contributed by atoms with E-state index in [0.717, 1.165) is 48.5 Å². The van der Waals surface area contributed by atoms with Crippen LogP contribution in [0.2, 0.25) is 0 Å². The van der Waals surface area contributed by atoms with E-state index >= 15 is 0 Å². The largest absolute Gasteiger partial charge is 0.342 e. The zero-order chi connectivity index (χ0) is 18.0. The minimum Gasteiger partial charge on any atom is -0.342 e. The summed E-state index contributed by atoms with van der Waals surface area (Å²) in [5.74, 6) is 0.113. The minimum atomic E-state index is 0.00116. The number of nitrogens with zero attached hydrogens (tertiary/aromatic N) is 3. The first-order chi connectivity index (χ1) is 12.0. The van der Waals surface area contributed by atoms with Crippen molar-refractivity contribution in [1.29, 1.82) is 0 Å². The van der Waals surface area contributed by atoms with Crippen LogP contribution in [0, 0.1) is 13.8 Å². The van der Waals surface area contributed by atoms with Crippen LogP contribution in [0.4, 0.5) is 0 Å². The Morgan fingerprint density at radius 1 is 1.36 bits per heavy atom. The Bertz CT molecular complexity index is 736. The molecule has 0 spiro atoms. The first kappa shape index (κ1) is 17.7. The van der Waals surface area contributed by atoms with Crippen molar-refractivity contribution in [3.05, 3.63) is 53.1 Å². The van der Waals surface area contributed by atoms with Gasteiger partial charge in [0.2, 0.25) is 0 Å². The molecule has 1 aliphatic rings. The number of nitrogens with two attached hydrogens (primary N) is 1. The fourth-order valence-corrected chi connectivity index (χ4v) is 3.83. The number of hydrogen-bond acceptors (Lipinski definition) is 3. The smallest absolute Gasteiger partial charge is 0.255 e. The number of rotatable bonds is 4. The average Bonchev–Trinajstić information content (AvgIpc) is 2.90. The van der Waals surface area contributed by atoms with Crippen LogP contribution >= 0.6 is 0 Å². The Kier molecular flexibility index (Phi) is 5.23. The summed E-state index contributed by atoms with van der Waals surface area (Å²) >= 11 is 0. The lowest BCUT2D eigenvalue weighted by atomic mass is 9.96. The van der Waals surface area contributed by atoms with Gasteiger partial charge in [-0.2, -0.15) is 0 Å². The second-order valence-corrected chi connectivity index (χ2v) is 7.11. The van der Waals surface area contributed by atoms with E-state index in [-0.39, 0.29) is 18.0 Å². The first-order valence-electron chi connectivity index (χ1n) is 9.12. The number of pyridine rings is 1. The van der Waals surface area contributed by atoms with Crippen molar-refractivity contribution in [2.75, 3.05) is 6.54 Å². The highest BCUT2D eigenvalue weighted by Gasteiger charge is 2.31. The fraction of sp³-hybridized carbons (Fsp3) is 0.500. The van der Waals surface area contributed by atoms with Gasteiger partial charge < -0.3 is 15.2 Å². The second-order valence-electron chi connectivity index (χ2n) is 7.11. The number of likely N-dealkylation sites (tertiary alicyclic amines) is 1. The van der Waals surface area contributed by atoms with Crippen molar-refractivity contribution in [3.8, 4) is 0 Å². The van der Waals surface area contributed by atoms with Gasteiger partial charge in [-0.1, -0.05) is 6.07 Å². The van der Waals surface area contributed by atoms with Crippen molar-refractivity contribution >= 4 is 5.91 Å². The molecular weight excluding hydrogens is 312 g/mol. The zero-order valence-electron chi connectivity index (χ0n) is 15.4. The number of amides is 1. The molecule has 1 fully saturated rings. The highest BCUT2D eigenvalue weighted by Crippen LogP contribution is 2.24. The summed E-state index contributed by atoms with van der Waals surface area (Å²) in [6.45, 7) is 7.55. The maximum absolute atomic E-state index is 13.2. The van der Waals surface area contributed by atoms with Gasteiger partial charge in [-0.05, 0) is 58.2 Å². The molecule has 1 saturated heterocycles. The van der Waals surface area contributed by atoms with Crippen LogP contribution in [0.5, 0.6) is 0 Å². The van der Waals surface area contributed by atoms with E-state index in [2.05, 4.69) is 9.55 Å². The molecule has 5 nitrogen and oxygen atoms in total. The summed E-state index contributed by atoms with van der Waals surface area (Å²) in [6, 6.07) is 8.06. The van der Waals surface area contributed by atoms with Crippen molar-refractivity contribution in [2.24, 2.45) is 5.73 Å². The van der Waals surface area contributed by atoms with Crippen LogP contribution in [0.1, 0.15) is 53.6 Å². The summed E-state index contributed by atoms with van der Waals surface area (Å²) in [5, 5.41) is 0. The molecule has 1 aliphatic heterocycles. The van der Waals surface area contributed by atoms with Crippen LogP contribution < -0.4 is 5.73 Å². The monoisotopic (exact) mass is 340 g/mol. The Hall–Kier alpha value is -2.14. The molecule has 2 aromatic rings. The molecule has 0 bridgehead atoms. The first-order valence-corrected chi connectivity index (χ1v) is 9.12. The zero-order valence-corrected chi connectivity index (χ0v) is 15.4. The van der Waals surface area contributed by atoms with E-state index < -0.39 is 0 Å². The number of aryl methyl sites for hydroxylation is 1. The molecule has 0 aliphatic carbocycles. The third kappa shape index (κ3) is 3.61. The van der Waals surface area contributed by atoms with Crippen LogP contribution in [-0.2, 0) is 6.54 Å². The molecule has 1 amide bonds. The molecule has 0 radical (unpaired) electrons. The van der Waals surface area contributed by atoms with E-state index in [0.29, 0.717) is 6.54 Å². The summed E-state index contributed by atoms with van der Waals surface area (Å²) in [7, 11) is 0. The molecule has 25 heavy (non-hydrogen) atoms. The highest BCUT2D eigenvalue weighted by atomic mass is 16.2. The van der Waals surface area contributed by atoms with Crippen molar-refractivity contribution < 1.29 is 4.79 Å². The Morgan fingerprint density at radius 3 is 2.84 bits per heavy atom. The molecule has 0 aromatic carbocycles. The number of carbonyl (C=O) groups is 1. The van der Waals surface area contributed by atoms with Gasteiger partial charge in [0.05, 0.1) is 17.8 Å². The van der Waals surface area contributed by atoms with E-state index in [1.54, 1.807) is 6.20 Å². The van der Waals surface area contributed by atoms with E-state index in [1.807, 2.05) is 49.9 Å². The molecule has 0 saturated carbocycles. The second kappa shape index (κ2) is 7.40. The normalized spacial score (nSPS) is 19.0. The standard InChI is InChI=1S/C20H28N4O/c1-14-12-18(16(3)24(14)13-17-8-4-6-10-22-17)20(25)23-11-7-5-9-19(23)15(2)21/h4,6,8,10,12,15,19H,5,7,9,11,13,21H2,1-3H3. The molecular formula is C20H28N4O. The number of hydrogen-bond donors (Lipinski definition) is 1. The van der Waals surface area contributed by atoms with E-state index in [4.69, 9.17) is 5.73 Å². The van der Waals surface area contributed by atoms with Gasteiger partial charge in [0.25, 0.3) is 5.91 Å². The van der Waals surface area contributed by atoms with Gasteiger partial charge >= 0.3 is 0 Å². The maximum atomic E-state index is 13.2. The lowest BCUT2D eigenvalue weighted by Crippen LogP contribution is -2.51. The van der Waals surface area contributed by atoms with Crippen LogP contribution in [0.3, 0.4) is 0 Å². The predicted molar refractivity (Wildman–Crippen MR) is 99.6 cm³/mol. The molecule has 2 aromatic heterocycles. The predicted octanol–water partition coefficient (Wildman–Crippen LogP) is 2.89. The van der Waals surface area contributed by atoms with Crippen LogP contribution in [0.15, 0.2) is 30.5 Å². The lowest BCUT2D eigenvalue weighted by Gasteiger charge is -2.38. The van der Waals surface area contributed by atoms with Crippen molar-refractivity contribution in [3.63, 3.8) is 0 Å². The van der Waals surface area contributed by atoms with Crippen LogP contribution in [0.25, 0.3) is 0 Å². The molecule has 2 unspecified atom stereocenters. The van der Waals surface area contributed by atoms with E-state index in [9.17, 15) is 4.79 Å². The molecule has 134 valence electrons. The Labute approximate surface area is 149 Å². The Balaban J connectivity index is 1.87. The summed E-state index contributed by atoms with van der Waals surface area (Å²) in [4.78, 5) is 19.6. The number of piperidine rings is 1. The van der Waals surface area contributed by atoms with Crippen molar-refractivity contribution in [1.82, 2.24) is 14.5 Å². The SMILES string of the molecule is Cc1cc(C(=O)N2CCCCC2C(C)N)c(C)n1Cc1ccccn1. The molecule has 2 N–H and O–H groups in total. The van der Waals surface area contributed by atoms with Gasteiger partial charge in [0.15, 0.2) is 0 Å². The van der Waals surface area contributed by atoms with E-state index in [1.165, 1.54) is 0 Å². The third-order valence-corrected chi connectivity index (χ3v) is 5.27. The summed E-state index contributed by atoms with van der Waals surface area (Å²) in [6.07, 6.45) is 5.00. The number of aromatic nitrogens is 2. The Morgan fingerprint density at radius 2 is 2.16 bits per heavy atom. The minimum absolute atomic E-state index is 0.00116. The van der Waals surface area contributed by atoms with Gasteiger partial charge in [0.1, 0.15) is 0 Å². The van der Waals surface area contributed by atoms with Gasteiger partial charge in [0, 0.05) is 36.2 Å². The van der Waals surface area contributed by atoms with Crippen molar-refractivity contribution in [2.45, 2.75) is 58.7 Å². The summed E-state index contributed by atoms with van der Waals surface area (Å²) < 4.78 is 2.17. The quantitative estimate of drug-likeness (QED) is 0.931. The third-order valence-electron chi connectivity index (χ3n) is 5.27. The molecule has 5 heteroatoms. The van der Waals surface area contributed by atoms with Crippen LogP contribution in [-0.4, -0.2) is 39.0 Å². The lowest BCUT2D eigenvalue weighted by molar-refractivity contribution is 0.0583. The fourth-order valence-electron chi connectivity index (χ4n) is 3.83. The van der Waals surface area contributed by atoms with Gasteiger partial charge in [-0.3, -0.25) is 9.78 Å². The topological polar surface area (TPSA) is 64.2 Å². The highest BCUT2D eigenvalue weighted by molar-refractivity contribution is 5.96. The van der Waals surface area contributed by atoms with Gasteiger partial charge in [-0.25, -0.2) is 0 Å². The van der Waals surface area contributed by atoms with Gasteiger partial charge in [-0.15, -0.1) is 0 Å². The average molecular weight is 340 g/mol. The molecule has 2 atom stereocenters. The molecule has 3 heterocycles. The number of carbonyl (C=O) groups excluding carboxylic acids is 1. The molecule has 3 rings (SSSR count). The maximum Gasteiger partial charge on any atom is 0.255 e. The summed E-state index contributed by atoms with van der Waals surface area (Å²) in [5.41, 5.74) is 10.0.